The molecule has 0 bridgehead atoms. The number of hydrogen-bond donors (Lipinski definition) is 0. The van der Waals surface area contributed by atoms with E-state index in [1.807, 2.05) is 11.3 Å². The third-order valence-electron chi connectivity index (χ3n) is 13.1. The molecule has 1 aliphatic carbocycles. The van der Waals surface area contributed by atoms with Crippen LogP contribution in [-0.4, -0.2) is 0 Å². The summed E-state index contributed by atoms with van der Waals surface area (Å²) in [5.74, 6) is 0.563. The lowest BCUT2D eigenvalue weighted by Crippen LogP contribution is -2.14. The van der Waals surface area contributed by atoms with Gasteiger partial charge < -0.3 is 9.32 Å². The van der Waals surface area contributed by atoms with Crippen LogP contribution in [0, 0.1) is 0 Å². The molecule has 3 heteroatoms. The van der Waals surface area contributed by atoms with Crippen molar-refractivity contribution in [2.45, 2.75) is 38.0 Å². The first-order chi connectivity index (χ1) is 30.3. The number of benzene rings is 9. The second-order valence-corrected chi connectivity index (χ2v) is 17.6. The lowest BCUT2D eigenvalue weighted by atomic mass is 9.80. The second kappa shape index (κ2) is 15.0. The summed E-state index contributed by atoms with van der Waals surface area (Å²) in [5, 5.41) is 7.53. The smallest absolute Gasteiger partial charge is 0.143 e. The molecule has 1 aliphatic rings. The van der Waals surface area contributed by atoms with Gasteiger partial charge in [0.2, 0.25) is 0 Å². The highest BCUT2D eigenvalue weighted by atomic mass is 32.1. The monoisotopic (exact) mass is 801 g/mol. The molecule has 0 radical (unpaired) electrons. The van der Waals surface area contributed by atoms with Gasteiger partial charge in [-0.1, -0.05) is 177 Å². The van der Waals surface area contributed by atoms with Crippen LogP contribution in [-0.2, 0) is 0 Å². The number of anilines is 3. The van der Waals surface area contributed by atoms with E-state index in [-0.39, 0.29) is 0 Å². The van der Waals surface area contributed by atoms with Gasteiger partial charge in [0, 0.05) is 53.2 Å². The van der Waals surface area contributed by atoms with Gasteiger partial charge in [0.25, 0.3) is 0 Å². The summed E-state index contributed by atoms with van der Waals surface area (Å²) < 4.78 is 9.35. The van der Waals surface area contributed by atoms with E-state index in [4.69, 9.17) is 4.42 Å². The molecule has 2 nitrogen and oxygen atoms in total. The zero-order valence-electron chi connectivity index (χ0n) is 33.9. The van der Waals surface area contributed by atoms with E-state index < -0.39 is 0 Å². The number of para-hydroxylation sites is 5. The van der Waals surface area contributed by atoms with Crippen molar-refractivity contribution in [2.24, 2.45) is 0 Å². The number of nitrogens with zero attached hydrogens (tertiary/aromatic N) is 1. The summed E-state index contributed by atoms with van der Waals surface area (Å²) in [4.78, 5) is 2.54. The Balaban J connectivity index is 1.16. The third-order valence-corrected chi connectivity index (χ3v) is 14.2. The summed E-state index contributed by atoms with van der Waals surface area (Å²) in [5.41, 5.74) is 13.7. The Hall–Kier alpha value is -6.94. The molecule has 1 saturated carbocycles. The average Bonchev–Trinajstić information content (AvgIpc) is 3.91. The lowest BCUT2D eigenvalue weighted by molar-refractivity contribution is 0.445. The van der Waals surface area contributed by atoms with Crippen molar-refractivity contribution in [1.29, 1.82) is 0 Å². The maximum Gasteiger partial charge on any atom is 0.143 e. The van der Waals surface area contributed by atoms with Gasteiger partial charge in [0.05, 0.1) is 17.1 Å². The van der Waals surface area contributed by atoms with Crippen molar-refractivity contribution in [3.63, 3.8) is 0 Å². The molecule has 0 unspecified atom stereocenters. The van der Waals surface area contributed by atoms with Crippen molar-refractivity contribution < 1.29 is 4.42 Å². The molecule has 0 N–H and O–H groups in total. The summed E-state index contributed by atoms with van der Waals surface area (Å²) in [6.07, 6.45) is 6.42. The molecule has 2 heterocycles. The van der Waals surface area contributed by atoms with Crippen LogP contribution in [0.5, 0.6) is 0 Å². The normalized spacial score (nSPS) is 13.5. The van der Waals surface area contributed by atoms with Crippen molar-refractivity contribution in [1.82, 2.24) is 0 Å². The van der Waals surface area contributed by atoms with Crippen molar-refractivity contribution in [3.05, 3.63) is 200 Å². The molecule has 11 aromatic rings. The molecular weight excluding hydrogens is 759 g/mol. The first-order valence-corrected chi connectivity index (χ1v) is 22.5. The van der Waals surface area contributed by atoms with Crippen LogP contribution in [0.2, 0.25) is 0 Å². The Kier molecular flexibility index (Phi) is 8.82. The van der Waals surface area contributed by atoms with Gasteiger partial charge in [-0.25, -0.2) is 0 Å². The SMILES string of the molecule is c1ccc(N(c2ccccc2-c2cccc3cccc(C4CCCCC4)c23)c2ccccc2-c2cccc3sc4ccccc4c23)c(-c2cccc3c2oc2ccccc23)c1. The largest absolute Gasteiger partial charge is 0.455 e. The maximum absolute atomic E-state index is 6.75. The highest BCUT2D eigenvalue weighted by Gasteiger charge is 2.27. The van der Waals surface area contributed by atoms with Gasteiger partial charge >= 0.3 is 0 Å². The van der Waals surface area contributed by atoms with E-state index in [0.717, 1.165) is 50.1 Å². The second-order valence-electron chi connectivity index (χ2n) is 16.5. The number of hydrogen-bond acceptors (Lipinski definition) is 3. The number of fused-ring (bicyclic) bond motifs is 7. The zero-order chi connectivity index (χ0) is 40.3. The highest BCUT2D eigenvalue weighted by molar-refractivity contribution is 7.25. The Morgan fingerprint density at radius 1 is 0.393 bits per heavy atom. The fourth-order valence-corrected chi connectivity index (χ4v) is 11.5. The lowest BCUT2D eigenvalue weighted by Gasteiger charge is -2.32. The summed E-state index contributed by atoms with van der Waals surface area (Å²) >= 11 is 1.87. The minimum atomic E-state index is 0.563. The molecule has 12 rings (SSSR count). The predicted molar refractivity (Wildman–Crippen MR) is 261 cm³/mol. The molecule has 0 aliphatic heterocycles. The fraction of sp³-hybridized carbons (Fsp3) is 0.103. The van der Waals surface area contributed by atoms with Gasteiger partial charge in [0.15, 0.2) is 0 Å². The van der Waals surface area contributed by atoms with E-state index in [2.05, 4.69) is 199 Å². The fourth-order valence-electron chi connectivity index (χ4n) is 10.4. The Morgan fingerprint density at radius 2 is 0.902 bits per heavy atom. The van der Waals surface area contributed by atoms with Crippen LogP contribution in [0.3, 0.4) is 0 Å². The molecule has 0 amide bonds. The molecular formula is C58H43NOS. The molecule has 0 spiro atoms. The molecule has 0 saturated heterocycles. The van der Waals surface area contributed by atoms with Gasteiger partial charge in [-0.05, 0) is 82.6 Å². The van der Waals surface area contributed by atoms with Gasteiger partial charge in [-0.3, -0.25) is 0 Å². The number of furan rings is 1. The molecule has 61 heavy (non-hydrogen) atoms. The molecule has 9 aromatic carbocycles. The van der Waals surface area contributed by atoms with E-state index >= 15 is 0 Å². The van der Waals surface area contributed by atoms with E-state index in [0.29, 0.717) is 5.92 Å². The van der Waals surface area contributed by atoms with Crippen LogP contribution >= 0.6 is 11.3 Å². The minimum absolute atomic E-state index is 0.563. The first kappa shape index (κ1) is 36.0. The predicted octanol–water partition coefficient (Wildman–Crippen LogP) is 17.6. The molecule has 292 valence electrons. The summed E-state index contributed by atoms with van der Waals surface area (Å²) in [7, 11) is 0. The third kappa shape index (κ3) is 5.98. The van der Waals surface area contributed by atoms with Crippen LogP contribution in [0.15, 0.2) is 199 Å². The van der Waals surface area contributed by atoms with Crippen molar-refractivity contribution >= 4 is 81.3 Å². The zero-order valence-corrected chi connectivity index (χ0v) is 34.7. The number of rotatable bonds is 7. The van der Waals surface area contributed by atoms with Gasteiger partial charge in [-0.15, -0.1) is 11.3 Å². The topological polar surface area (TPSA) is 16.4 Å². The van der Waals surface area contributed by atoms with Gasteiger partial charge in [-0.2, -0.15) is 0 Å². The molecule has 1 fully saturated rings. The Bertz CT molecular complexity index is 3430. The van der Waals surface area contributed by atoms with Crippen LogP contribution in [0.4, 0.5) is 17.1 Å². The maximum atomic E-state index is 6.75. The van der Waals surface area contributed by atoms with Crippen molar-refractivity contribution in [2.75, 3.05) is 4.90 Å². The standard InChI is InChI=1S/C58H43NOS/c1-2-18-38(19-3-1)40-27-14-20-39-21-15-28-45(56(39)40)41-22-4-9-32-50(41)59(51-33-10-5-23-42(51)46-29-17-37-55-57(46)49-26-8-13-36-54(49)61-55)52-34-11-6-24-43(52)47-30-16-31-48-44-25-7-12-35-53(44)60-58(47)48/h4-17,20-38H,1-3,18-19H2. The van der Waals surface area contributed by atoms with E-state index in [1.54, 1.807) is 0 Å². The van der Waals surface area contributed by atoms with Crippen LogP contribution in [0.1, 0.15) is 43.6 Å². The quantitative estimate of drug-likeness (QED) is 0.160. The minimum Gasteiger partial charge on any atom is -0.455 e. The Labute approximate surface area is 360 Å². The number of thiophene rings is 1. The Morgan fingerprint density at radius 3 is 1.64 bits per heavy atom. The highest BCUT2D eigenvalue weighted by Crippen LogP contribution is 2.52. The van der Waals surface area contributed by atoms with Gasteiger partial charge in [0.1, 0.15) is 11.2 Å². The molecule has 2 aromatic heterocycles. The molecule has 0 atom stereocenters. The van der Waals surface area contributed by atoms with E-state index in [1.165, 1.54) is 90.9 Å². The first-order valence-electron chi connectivity index (χ1n) is 21.7. The summed E-state index contributed by atoms with van der Waals surface area (Å²) in [6, 6.07) is 71.5. The van der Waals surface area contributed by atoms with Crippen molar-refractivity contribution in [3.8, 4) is 33.4 Å². The average molecular weight is 802 g/mol. The van der Waals surface area contributed by atoms with E-state index in [9.17, 15) is 0 Å². The van der Waals surface area contributed by atoms with Crippen LogP contribution < -0.4 is 4.90 Å². The van der Waals surface area contributed by atoms with Crippen LogP contribution in [0.25, 0.3) is 86.3 Å². The summed E-state index contributed by atoms with van der Waals surface area (Å²) in [6.45, 7) is 0.